The highest BCUT2D eigenvalue weighted by Gasteiger charge is 2.12. The molecule has 0 atom stereocenters. The molecule has 1 aliphatic rings. The minimum Gasteiger partial charge on any atom is -0.454 e. The van der Waals surface area contributed by atoms with E-state index < -0.39 is 0 Å². The summed E-state index contributed by atoms with van der Waals surface area (Å²) in [5.41, 5.74) is 1.05. The van der Waals surface area contributed by atoms with Crippen molar-refractivity contribution in [3.05, 3.63) is 30.9 Å². The fraction of sp³-hybridized carbons (Fsp3) is 0.273. The average Bonchev–Trinajstić information content (AvgIpc) is 2.65. The molecule has 0 saturated heterocycles. The molecule has 0 fully saturated rings. The van der Waals surface area contributed by atoms with E-state index in [0.717, 1.165) is 30.2 Å². The molecule has 1 aliphatic heterocycles. The van der Waals surface area contributed by atoms with E-state index >= 15 is 0 Å². The Balaban J connectivity index is 2.01. The second kappa shape index (κ2) is 4.05. The normalized spacial score (nSPS) is 12.6. The first kappa shape index (κ1) is 8.94. The molecular weight excluding hydrogens is 178 g/mol. The van der Waals surface area contributed by atoms with Crippen molar-refractivity contribution in [3.8, 4) is 11.5 Å². The molecule has 1 aromatic rings. The summed E-state index contributed by atoms with van der Waals surface area (Å²) in [6, 6.07) is 5.85. The van der Waals surface area contributed by atoms with Gasteiger partial charge in [0.25, 0.3) is 0 Å². The van der Waals surface area contributed by atoms with Gasteiger partial charge in [-0.3, -0.25) is 0 Å². The van der Waals surface area contributed by atoms with Gasteiger partial charge in [-0.25, -0.2) is 0 Å². The van der Waals surface area contributed by atoms with Crippen LogP contribution in [-0.2, 0) is 0 Å². The summed E-state index contributed by atoms with van der Waals surface area (Å²) in [6.45, 7) is 4.88. The van der Waals surface area contributed by atoms with Crippen LogP contribution in [0.25, 0.3) is 0 Å². The first-order chi connectivity index (χ1) is 6.90. The van der Waals surface area contributed by atoms with Crippen LogP contribution >= 0.6 is 0 Å². The van der Waals surface area contributed by atoms with Gasteiger partial charge in [0.2, 0.25) is 6.79 Å². The molecule has 14 heavy (non-hydrogen) atoms. The molecule has 1 N–H and O–H groups in total. The lowest BCUT2D eigenvalue weighted by Gasteiger charge is -2.05. The van der Waals surface area contributed by atoms with E-state index in [1.165, 1.54) is 0 Å². The summed E-state index contributed by atoms with van der Waals surface area (Å²) >= 11 is 0. The fourth-order valence-electron chi connectivity index (χ4n) is 1.33. The van der Waals surface area contributed by atoms with Crippen LogP contribution in [0.3, 0.4) is 0 Å². The monoisotopic (exact) mass is 191 g/mol. The minimum atomic E-state index is 0.325. The largest absolute Gasteiger partial charge is 0.454 e. The second-order valence-corrected chi connectivity index (χ2v) is 3.07. The lowest BCUT2D eigenvalue weighted by molar-refractivity contribution is 0.174. The van der Waals surface area contributed by atoms with Crippen molar-refractivity contribution in [2.24, 2.45) is 0 Å². The molecule has 2 rings (SSSR count). The molecule has 0 radical (unpaired) electrons. The van der Waals surface area contributed by atoms with E-state index in [9.17, 15) is 0 Å². The Labute approximate surface area is 83.3 Å². The number of ether oxygens (including phenoxy) is 2. The Kier molecular flexibility index (Phi) is 2.58. The van der Waals surface area contributed by atoms with Crippen LogP contribution in [0.5, 0.6) is 11.5 Å². The lowest BCUT2D eigenvalue weighted by atomic mass is 10.2. The van der Waals surface area contributed by atoms with Gasteiger partial charge >= 0.3 is 0 Å². The van der Waals surface area contributed by atoms with E-state index in [4.69, 9.17) is 9.47 Å². The lowest BCUT2D eigenvalue weighted by Crippen LogP contribution is -1.99. The van der Waals surface area contributed by atoms with Crippen molar-refractivity contribution in [1.82, 2.24) is 0 Å². The predicted octanol–water partition coefficient (Wildman–Crippen LogP) is 2.40. The van der Waals surface area contributed by atoms with Gasteiger partial charge in [-0.1, -0.05) is 6.08 Å². The number of anilines is 1. The van der Waals surface area contributed by atoms with Gasteiger partial charge in [0.05, 0.1) is 0 Å². The van der Waals surface area contributed by atoms with Crippen LogP contribution in [0.1, 0.15) is 6.42 Å². The topological polar surface area (TPSA) is 30.5 Å². The van der Waals surface area contributed by atoms with Crippen molar-refractivity contribution < 1.29 is 9.47 Å². The maximum atomic E-state index is 5.26. The van der Waals surface area contributed by atoms with Gasteiger partial charge in [-0.2, -0.15) is 0 Å². The molecule has 0 aromatic heterocycles. The molecule has 0 amide bonds. The molecule has 1 heterocycles. The smallest absolute Gasteiger partial charge is 0.231 e. The Morgan fingerprint density at radius 2 is 2.21 bits per heavy atom. The van der Waals surface area contributed by atoms with Gasteiger partial charge < -0.3 is 14.8 Å². The molecule has 3 nitrogen and oxygen atoms in total. The van der Waals surface area contributed by atoms with Crippen molar-refractivity contribution in [1.29, 1.82) is 0 Å². The quantitative estimate of drug-likeness (QED) is 0.585. The van der Waals surface area contributed by atoms with Crippen LogP contribution in [0, 0.1) is 0 Å². The highest BCUT2D eigenvalue weighted by molar-refractivity contribution is 5.55. The first-order valence-electron chi connectivity index (χ1n) is 4.64. The molecule has 0 saturated carbocycles. The Bertz CT molecular complexity index is 336. The fourth-order valence-corrected chi connectivity index (χ4v) is 1.33. The standard InChI is InChI=1S/C11H13NO2/c1-2-3-6-12-9-4-5-10-11(7-9)14-8-13-10/h2,4-5,7,12H,1,3,6,8H2. The molecule has 0 unspecified atom stereocenters. The first-order valence-corrected chi connectivity index (χ1v) is 4.64. The molecular formula is C11H13NO2. The summed E-state index contributed by atoms with van der Waals surface area (Å²) in [5, 5.41) is 3.27. The van der Waals surface area contributed by atoms with Gasteiger partial charge in [0.15, 0.2) is 11.5 Å². The highest BCUT2D eigenvalue weighted by atomic mass is 16.7. The van der Waals surface area contributed by atoms with Crippen LogP contribution in [-0.4, -0.2) is 13.3 Å². The Morgan fingerprint density at radius 3 is 3.07 bits per heavy atom. The molecule has 74 valence electrons. The van der Waals surface area contributed by atoms with Crippen molar-refractivity contribution in [2.75, 3.05) is 18.7 Å². The maximum Gasteiger partial charge on any atom is 0.231 e. The third-order valence-corrected chi connectivity index (χ3v) is 2.05. The zero-order valence-corrected chi connectivity index (χ0v) is 7.95. The molecule has 0 aliphatic carbocycles. The third-order valence-electron chi connectivity index (χ3n) is 2.05. The van der Waals surface area contributed by atoms with Crippen molar-refractivity contribution in [2.45, 2.75) is 6.42 Å². The molecule has 3 heteroatoms. The number of benzene rings is 1. The SMILES string of the molecule is C=CCCNc1ccc2c(c1)OCO2. The van der Waals surface area contributed by atoms with Gasteiger partial charge in [-0.05, 0) is 18.6 Å². The third kappa shape index (κ3) is 1.82. The zero-order valence-electron chi connectivity index (χ0n) is 7.95. The number of nitrogens with one attached hydrogen (secondary N) is 1. The van der Waals surface area contributed by atoms with E-state index in [2.05, 4.69) is 11.9 Å². The number of rotatable bonds is 4. The summed E-state index contributed by atoms with van der Waals surface area (Å²) in [7, 11) is 0. The highest BCUT2D eigenvalue weighted by Crippen LogP contribution is 2.34. The second-order valence-electron chi connectivity index (χ2n) is 3.07. The summed E-state index contributed by atoms with van der Waals surface area (Å²) in [6.07, 6.45) is 2.84. The predicted molar refractivity (Wildman–Crippen MR) is 55.9 cm³/mol. The molecule has 1 aromatic carbocycles. The van der Waals surface area contributed by atoms with Gasteiger partial charge in [0, 0.05) is 18.3 Å². The van der Waals surface area contributed by atoms with Gasteiger partial charge in [0.1, 0.15) is 0 Å². The van der Waals surface area contributed by atoms with Crippen LogP contribution in [0.2, 0.25) is 0 Å². The number of hydrogen-bond acceptors (Lipinski definition) is 3. The molecule has 0 spiro atoms. The number of fused-ring (bicyclic) bond motifs is 1. The van der Waals surface area contributed by atoms with Crippen molar-refractivity contribution >= 4 is 5.69 Å². The van der Waals surface area contributed by atoms with Crippen LogP contribution in [0.15, 0.2) is 30.9 Å². The Hall–Kier alpha value is -1.64. The molecule has 0 bridgehead atoms. The van der Waals surface area contributed by atoms with E-state index in [0.29, 0.717) is 6.79 Å². The van der Waals surface area contributed by atoms with E-state index in [1.807, 2.05) is 24.3 Å². The van der Waals surface area contributed by atoms with E-state index in [1.54, 1.807) is 0 Å². The van der Waals surface area contributed by atoms with Crippen LogP contribution < -0.4 is 14.8 Å². The maximum absolute atomic E-state index is 5.26. The zero-order chi connectivity index (χ0) is 9.80. The Morgan fingerprint density at radius 1 is 1.36 bits per heavy atom. The van der Waals surface area contributed by atoms with E-state index in [-0.39, 0.29) is 0 Å². The summed E-state index contributed by atoms with van der Waals surface area (Å²) in [4.78, 5) is 0. The van der Waals surface area contributed by atoms with Crippen LogP contribution in [0.4, 0.5) is 5.69 Å². The average molecular weight is 191 g/mol. The van der Waals surface area contributed by atoms with Gasteiger partial charge in [-0.15, -0.1) is 6.58 Å². The summed E-state index contributed by atoms with van der Waals surface area (Å²) < 4.78 is 10.5. The number of hydrogen-bond donors (Lipinski definition) is 1. The van der Waals surface area contributed by atoms with Crippen molar-refractivity contribution in [3.63, 3.8) is 0 Å². The minimum absolute atomic E-state index is 0.325. The summed E-state index contributed by atoms with van der Waals surface area (Å²) in [5.74, 6) is 1.63.